The Labute approximate surface area is 136 Å². The van der Waals surface area contributed by atoms with E-state index in [4.69, 9.17) is 4.74 Å². The van der Waals surface area contributed by atoms with E-state index >= 15 is 0 Å². The van der Waals surface area contributed by atoms with Crippen LogP contribution in [0.2, 0.25) is 0 Å². The van der Waals surface area contributed by atoms with Crippen molar-refractivity contribution in [3.05, 3.63) is 71.5 Å². The number of aromatic nitrogens is 3. The van der Waals surface area contributed by atoms with Gasteiger partial charge in [-0.2, -0.15) is 0 Å². The molecule has 0 fully saturated rings. The van der Waals surface area contributed by atoms with Crippen LogP contribution in [-0.2, 0) is 6.61 Å². The van der Waals surface area contributed by atoms with Crippen LogP contribution in [0, 0.1) is 6.92 Å². The first-order valence-electron chi connectivity index (χ1n) is 7.83. The smallest absolute Gasteiger partial charge is 0.134 e. The Morgan fingerprint density at radius 1 is 1.09 bits per heavy atom. The molecule has 0 amide bonds. The molecule has 0 saturated heterocycles. The van der Waals surface area contributed by atoms with E-state index in [1.54, 1.807) is 4.68 Å². The lowest BCUT2D eigenvalue weighted by molar-refractivity contribution is 0.296. The lowest BCUT2D eigenvalue weighted by Gasteiger charge is -2.14. The van der Waals surface area contributed by atoms with Gasteiger partial charge in [0.25, 0.3) is 0 Å². The largest absolute Gasteiger partial charge is 0.487 e. The minimum Gasteiger partial charge on any atom is -0.487 e. The summed E-state index contributed by atoms with van der Waals surface area (Å²) in [7, 11) is 0. The molecule has 0 saturated carbocycles. The molecule has 4 nitrogen and oxygen atoms in total. The average molecular weight is 307 g/mol. The second kappa shape index (κ2) is 6.65. The average Bonchev–Trinajstić information content (AvgIpc) is 3.02. The molecule has 0 unspecified atom stereocenters. The molecule has 118 valence electrons. The first-order chi connectivity index (χ1) is 11.1. The fourth-order valence-electron chi connectivity index (χ4n) is 2.47. The standard InChI is InChI=1S/C19H21N3O/c1-14(2)18-10-9-15(3)11-19(18)23-13-16-12-22(21-20-16)17-7-5-4-6-8-17/h4-12,14H,13H2,1-3H3. The molecule has 0 radical (unpaired) electrons. The van der Waals surface area contributed by atoms with Crippen molar-refractivity contribution < 1.29 is 4.74 Å². The highest BCUT2D eigenvalue weighted by Crippen LogP contribution is 2.28. The maximum absolute atomic E-state index is 6.00. The van der Waals surface area contributed by atoms with Crippen LogP contribution in [0.5, 0.6) is 5.75 Å². The number of benzene rings is 2. The first-order valence-corrected chi connectivity index (χ1v) is 7.83. The van der Waals surface area contributed by atoms with Gasteiger partial charge in [0, 0.05) is 0 Å². The lowest BCUT2D eigenvalue weighted by atomic mass is 10.0. The van der Waals surface area contributed by atoms with E-state index < -0.39 is 0 Å². The van der Waals surface area contributed by atoms with Crippen molar-refractivity contribution in [2.45, 2.75) is 33.3 Å². The van der Waals surface area contributed by atoms with Crippen LogP contribution in [0.4, 0.5) is 0 Å². The molecule has 3 rings (SSSR count). The lowest BCUT2D eigenvalue weighted by Crippen LogP contribution is -2.00. The Kier molecular flexibility index (Phi) is 4.42. The second-order valence-electron chi connectivity index (χ2n) is 5.97. The van der Waals surface area contributed by atoms with Crippen molar-refractivity contribution >= 4 is 0 Å². The summed E-state index contributed by atoms with van der Waals surface area (Å²) >= 11 is 0. The van der Waals surface area contributed by atoms with E-state index in [0.717, 1.165) is 17.1 Å². The Morgan fingerprint density at radius 3 is 2.61 bits per heavy atom. The minimum atomic E-state index is 0.413. The molecule has 0 spiro atoms. The molecule has 0 aliphatic carbocycles. The van der Waals surface area contributed by atoms with Gasteiger partial charge in [-0.1, -0.05) is 49.4 Å². The van der Waals surface area contributed by atoms with Crippen LogP contribution in [0.1, 0.15) is 36.6 Å². The molecule has 2 aromatic carbocycles. The molecule has 23 heavy (non-hydrogen) atoms. The minimum absolute atomic E-state index is 0.413. The highest BCUT2D eigenvalue weighted by Gasteiger charge is 2.10. The maximum atomic E-state index is 6.00. The van der Waals surface area contributed by atoms with Crippen molar-refractivity contribution in [2.75, 3.05) is 0 Å². The summed E-state index contributed by atoms with van der Waals surface area (Å²) in [5, 5.41) is 8.35. The normalized spacial score (nSPS) is 11.0. The molecule has 0 aliphatic rings. The molecule has 0 bridgehead atoms. The highest BCUT2D eigenvalue weighted by molar-refractivity contribution is 5.39. The summed E-state index contributed by atoms with van der Waals surface area (Å²) in [5.74, 6) is 1.35. The number of nitrogens with zero attached hydrogens (tertiary/aromatic N) is 3. The monoisotopic (exact) mass is 307 g/mol. The number of hydrogen-bond donors (Lipinski definition) is 0. The maximum Gasteiger partial charge on any atom is 0.134 e. The SMILES string of the molecule is Cc1ccc(C(C)C)c(OCc2cn(-c3ccccc3)nn2)c1. The van der Waals surface area contributed by atoms with Crippen molar-refractivity contribution in [1.82, 2.24) is 15.0 Å². The fourth-order valence-corrected chi connectivity index (χ4v) is 2.47. The molecule has 0 N–H and O–H groups in total. The summed E-state index contributed by atoms with van der Waals surface area (Å²) in [6.07, 6.45) is 1.90. The van der Waals surface area contributed by atoms with E-state index in [2.05, 4.69) is 49.3 Å². The topological polar surface area (TPSA) is 39.9 Å². The number of rotatable bonds is 5. The van der Waals surface area contributed by atoms with Crippen molar-refractivity contribution in [3.8, 4) is 11.4 Å². The Hall–Kier alpha value is -2.62. The van der Waals surface area contributed by atoms with Crippen molar-refractivity contribution in [3.63, 3.8) is 0 Å². The third-order valence-corrected chi connectivity index (χ3v) is 3.73. The van der Waals surface area contributed by atoms with E-state index in [1.807, 2.05) is 36.5 Å². The van der Waals surface area contributed by atoms with Gasteiger partial charge in [-0.25, -0.2) is 4.68 Å². The van der Waals surface area contributed by atoms with Gasteiger partial charge >= 0.3 is 0 Å². The summed E-state index contributed by atoms with van der Waals surface area (Å²) in [5.41, 5.74) is 4.21. The molecule has 0 aliphatic heterocycles. The van der Waals surface area contributed by atoms with Gasteiger partial charge in [0.1, 0.15) is 18.1 Å². The van der Waals surface area contributed by atoms with E-state index in [9.17, 15) is 0 Å². The predicted molar refractivity (Wildman–Crippen MR) is 91.0 cm³/mol. The molecule has 1 heterocycles. The second-order valence-corrected chi connectivity index (χ2v) is 5.97. The summed E-state index contributed by atoms with van der Waals surface area (Å²) in [6, 6.07) is 16.3. The van der Waals surface area contributed by atoms with Crippen molar-refractivity contribution in [1.29, 1.82) is 0 Å². The molecular weight excluding hydrogens is 286 g/mol. The summed E-state index contributed by atoms with van der Waals surface area (Å²) in [6.45, 7) is 6.82. The molecule has 3 aromatic rings. The van der Waals surface area contributed by atoms with E-state index in [0.29, 0.717) is 12.5 Å². The van der Waals surface area contributed by atoms with Gasteiger partial charge in [-0.15, -0.1) is 5.10 Å². The fraction of sp³-hybridized carbons (Fsp3) is 0.263. The number of hydrogen-bond acceptors (Lipinski definition) is 3. The van der Waals surface area contributed by atoms with Crippen LogP contribution < -0.4 is 4.74 Å². The Bertz CT molecular complexity index is 778. The zero-order chi connectivity index (χ0) is 16.2. The molecule has 0 atom stereocenters. The number of ether oxygens (including phenoxy) is 1. The van der Waals surface area contributed by atoms with Crippen LogP contribution in [0.25, 0.3) is 5.69 Å². The van der Waals surface area contributed by atoms with Gasteiger partial charge in [-0.3, -0.25) is 0 Å². The number of para-hydroxylation sites is 1. The Morgan fingerprint density at radius 2 is 1.87 bits per heavy atom. The highest BCUT2D eigenvalue weighted by atomic mass is 16.5. The Balaban J connectivity index is 1.75. The third kappa shape index (κ3) is 3.59. The van der Waals surface area contributed by atoms with Crippen LogP contribution in [-0.4, -0.2) is 15.0 Å². The van der Waals surface area contributed by atoms with Gasteiger partial charge in [0.15, 0.2) is 0 Å². The summed E-state index contributed by atoms with van der Waals surface area (Å²) < 4.78 is 7.76. The quantitative estimate of drug-likeness (QED) is 0.706. The number of aryl methyl sites for hydroxylation is 1. The van der Waals surface area contributed by atoms with Gasteiger partial charge in [-0.05, 0) is 42.2 Å². The third-order valence-electron chi connectivity index (χ3n) is 3.73. The molecule has 4 heteroatoms. The van der Waals surface area contributed by atoms with E-state index in [1.165, 1.54) is 11.1 Å². The predicted octanol–water partition coefficient (Wildman–Crippen LogP) is 4.28. The van der Waals surface area contributed by atoms with E-state index in [-0.39, 0.29) is 0 Å². The zero-order valence-corrected chi connectivity index (χ0v) is 13.7. The van der Waals surface area contributed by atoms with Crippen LogP contribution in [0.15, 0.2) is 54.7 Å². The first kappa shape index (κ1) is 15.3. The van der Waals surface area contributed by atoms with Crippen LogP contribution in [0.3, 0.4) is 0 Å². The van der Waals surface area contributed by atoms with Gasteiger partial charge < -0.3 is 4.74 Å². The van der Waals surface area contributed by atoms with Crippen molar-refractivity contribution in [2.24, 2.45) is 0 Å². The van der Waals surface area contributed by atoms with Gasteiger partial charge in [0.2, 0.25) is 0 Å². The zero-order valence-electron chi connectivity index (χ0n) is 13.7. The van der Waals surface area contributed by atoms with Crippen LogP contribution >= 0.6 is 0 Å². The molecular formula is C19H21N3O. The molecule has 1 aromatic heterocycles. The summed E-state index contributed by atoms with van der Waals surface area (Å²) in [4.78, 5) is 0. The van der Waals surface area contributed by atoms with Gasteiger partial charge in [0.05, 0.1) is 11.9 Å².